The Bertz CT molecular complexity index is 1330. The van der Waals surface area contributed by atoms with Gasteiger partial charge in [-0.25, -0.2) is 0 Å². The van der Waals surface area contributed by atoms with Gasteiger partial charge in [-0.2, -0.15) is 0 Å². The Labute approximate surface area is 479 Å². The summed E-state index contributed by atoms with van der Waals surface area (Å²) in [6, 6.07) is 0. The van der Waals surface area contributed by atoms with E-state index in [0.717, 1.165) is 83.5 Å². The van der Waals surface area contributed by atoms with Crippen molar-refractivity contribution in [1.29, 1.82) is 0 Å². The van der Waals surface area contributed by atoms with Crippen molar-refractivity contribution in [2.24, 2.45) is 0 Å². The molecule has 0 saturated carbocycles. The topological polar surface area (TPSA) is 78.9 Å². The number of carbonyl (C=O) groups is 3. The van der Waals surface area contributed by atoms with E-state index in [1.807, 2.05) is 0 Å². The van der Waals surface area contributed by atoms with Crippen molar-refractivity contribution in [1.82, 2.24) is 0 Å². The van der Waals surface area contributed by atoms with Crippen molar-refractivity contribution in [2.75, 3.05) is 13.2 Å². The van der Waals surface area contributed by atoms with Gasteiger partial charge in [-0.1, -0.05) is 339 Å². The van der Waals surface area contributed by atoms with Crippen LogP contribution < -0.4 is 0 Å². The van der Waals surface area contributed by atoms with Gasteiger partial charge in [-0.15, -0.1) is 0 Å². The average molecular weight is 1080 g/mol. The first kappa shape index (κ1) is 74.4. The zero-order valence-electron chi connectivity index (χ0n) is 51.7. The maximum Gasteiger partial charge on any atom is 0.306 e. The molecule has 0 fully saturated rings. The molecule has 0 aromatic heterocycles. The number of allylic oxidation sites excluding steroid dienone is 8. The second kappa shape index (κ2) is 65.9. The number of carbonyl (C=O) groups excluding carboxylic acids is 3. The van der Waals surface area contributed by atoms with Crippen molar-refractivity contribution in [3.05, 3.63) is 48.6 Å². The van der Waals surface area contributed by atoms with Gasteiger partial charge >= 0.3 is 17.9 Å². The van der Waals surface area contributed by atoms with Crippen LogP contribution in [0.3, 0.4) is 0 Å². The van der Waals surface area contributed by atoms with Gasteiger partial charge in [0.2, 0.25) is 0 Å². The number of unbranched alkanes of at least 4 members (excludes halogenated alkanes) is 44. The van der Waals surface area contributed by atoms with Crippen LogP contribution in [0.1, 0.15) is 367 Å². The van der Waals surface area contributed by atoms with Crippen LogP contribution >= 0.6 is 0 Å². The smallest absolute Gasteiger partial charge is 0.306 e. The normalized spacial score (nSPS) is 12.3. The fourth-order valence-electron chi connectivity index (χ4n) is 10.3. The number of hydrogen-bond donors (Lipinski definition) is 0. The Kier molecular flexibility index (Phi) is 63.6. The minimum Gasteiger partial charge on any atom is -0.462 e. The zero-order chi connectivity index (χ0) is 55.7. The third-order valence-electron chi connectivity index (χ3n) is 15.3. The first-order chi connectivity index (χ1) is 38.0. The van der Waals surface area contributed by atoms with Crippen molar-refractivity contribution in [2.45, 2.75) is 374 Å². The van der Waals surface area contributed by atoms with E-state index in [9.17, 15) is 14.4 Å². The third kappa shape index (κ3) is 64.1. The Morgan fingerprint density at radius 3 is 0.792 bits per heavy atom. The van der Waals surface area contributed by atoms with Gasteiger partial charge in [-0.05, 0) is 57.8 Å². The van der Waals surface area contributed by atoms with Gasteiger partial charge in [0.05, 0.1) is 0 Å². The van der Waals surface area contributed by atoms with Crippen molar-refractivity contribution in [3.8, 4) is 0 Å². The molecule has 0 radical (unpaired) electrons. The monoisotopic (exact) mass is 1080 g/mol. The summed E-state index contributed by atoms with van der Waals surface area (Å²) in [7, 11) is 0. The molecule has 0 aromatic rings. The molecule has 0 N–H and O–H groups in total. The van der Waals surface area contributed by atoms with E-state index in [0.29, 0.717) is 19.3 Å². The molecule has 0 amide bonds. The van der Waals surface area contributed by atoms with Crippen LogP contribution in [-0.2, 0) is 28.6 Å². The van der Waals surface area contributed by atoms with E-state index >= 15 is 0 Å². The van der Waals surface area contributed by atoms with Crippen LogP contribution in [-0.4, -0.2) is 37.2 Å². The lowest BCUT2D eigenvalue weighted by atomic mass is 10.0. The molecule has 0 bridgehead atoms. The molecule has 0 rings (SSSR count). The summed E-state index contributed by atoms with van der Waals surface area (Å²) < 4.78 is 17.0. The predicted octanol–water partition coefficient (Wildman–Crippen LogP) is 23.3. The fraction of sp³-hybridized carbons (Fsp3) is 0.845. The summed E-state index contributed by atoms with van der Waals surface area (Å²) in [4.78, 5) is 38.4. The summed E-state index contributed by atoms with van der Waals surface area (Å²) in [5, 5.41) is 0. The summed E-state index contributed by atoms with van der Waals surface area (Å²) in [6.45, 7) is 6.60. The fourth-order valence-corrected chi connectivity index (χ4v) is 10.3. The van der Waals surface area contributed by atoms with Crippen LogP contribution in [0.15, 0.2) is 48.6 Å². The highest BCUT2D eigenvalue weighted by Gasteiger charge is 2.19. The number of hydrogen-bond acceptors (Lipinski definition) is 6. The van der Waals surface area contributed by atoms with Gasteiger partial charge < -0.3 is 14.2 Å². The molecule has 6 nitrogen and oxygen atoms in total. The van der Waals surface area contributed by atoms with Gasteiger partial charge in [-0.3, -0.25) is 14.4 Å². The number of esters is 3. The molecule has 0 spiro atoms. The first-order valence-corrected chi connectivity index (χ1v) is 34.1. The molecule has 0 saturated heterocycles. The maximum absolute atomic E-state index is 12.9. The van der Waals surface area contributed by atoms with Crippen molar-refractivity contribution >= 4 is 17.9 Å². The van der Waals surface area contributed by atoms with E-state index in [2.05, 4.69) is 69.4 Å². The largest absolute Gasteiger partial charge is 0.462 e. The van der Waals surface area contributed by atoms with Gasteiger partial charge in [0.15, 0.2) is 6.10 Å². The molecule has 450 valence electrons. The highest BCUT2D eigenvalue weighted by molar-refractivity contribution is 5.71. The minimum atomic E-state index is -0.768. The quantitative estimate of drug-likeness (QED) is 0.0261. The minimum absolute atomic E-state index is 0.0654. The second-order valence-corrected chi connectivity index (χ2v) is 23.1. The van der Waals surface area contributed by atoms with Gasteiger partial charge in [0.1, 0.15) is 13.2 Å². The summed E-state index contributed by atoms with van der Waals surface area (Å²) in [5.74, 6) is -0.837. The molecule has 0 aliphatic heterocycles. The molecule has 0 aliphatic rings. The average Bonchev–Trinajstić information content (AvgIpc) is 3.43. The predicted molar refractivity (Wildman–Crippen MR) is 335 cm³/mol. The van der Waals surface area contributed by atoms with Crippen LogP contribution in [0, 0.1) is 0 Å². The van der Waals surface area contributed by atoms with Crippen LogP contribution in [0.2, 0.25) is 0 Å². The number of rotatable bonds is 63. The van der Waals surface area contributed by atoms with Crippen LogP contribution in [0.4, 0.5) is 0 Å². The first-order valence-electron chi connectivity index (χ1n) is 34.1. The molecule has 77 heavy (non-hydrogen) atoms. The van der Waals surface area contributed by atoms with Crippen LogP contribution in [0.5, 0.6) is 0 Å². The molecule has 0 heterocycles. The highest BCUT2D eigenvalue weighted by Crippen LogP contribution is 2.18. The highest BCUT2D eigenvalue weighted by atomic mass is 16.6. The third-order valence-corrected chi connectivity index (χ3v) is 15.3. The molecule has 1 unspecified atom stereocenters. The summed E-state index contributed by atoms with van der Waals surface area (Å²) in [6.07, 6.45) is 82.7. The lowest BCUT2D eigenvalue weighted by Crippen LogP contribution is -2.30. The summed E-state index contributed by atoms with van der Waals surface area (Å²) >= 11 is 0. The van der Waals surface area contributed by atoms with E-state index in [1.165, 1.54) is 244 Å². The molecule has 1 atom stereocenters. The van der Waals surface area contributed by atoms with E-state index in [4.69, 9.17) is 14.2 Å². The summed E-state index contributed by atoms with van der Waals surface area (Å²) in [5.41, 5.74) is 0. The van der Waals surface area contributed by atoms with Gasteiger partial charge in [0.25, 0.3) is 0 Å². The molecular weight excluding hydrogens is 949 g/mol. The van der Waals surface area contributed by atoms with E-state index in [1.54, 1.807) is 0 Å². The van der Waals surface area contributed by atoms with Crippen molar-refractivity contribution in [3.63, 3.8) is 0 Å². The zero-order valence-corrected chi connectivity index (χ0v) is 51.7. The molecule has 0 aliphatic carbocycles. The van der Waals surface area contributed by atoms with Gasteiger partial charge in [0, 0.05) is 19.3 Å². The second-order valence-electron chi connectivity index (χ2n) is 23.1. The van der Waals surface area contributed by atoms with E-state index in [-0.39, 0.29) is 31.1 Å². The molecular formula is C71H130O6. The van der Waals surface area contributed by atoms with Crippen molar-refractivity contribution < 1.29 is 28.6 Å². The molecule has 6 heteroatoms. The Balaban J connectivity index is 4.19. The lowest BCUT2D eigenvalue weighted by Gasteiger charge is -2.18. The maximum atomic E-state index is 12.9. The van der Waals surface area contributed by atoms with Crippen LogP contribution in [0.25, 0.3) is 0 Å². The van der Waals surface area contributed by atoms with E-state index < -0.39 is 6.10 Å². The number of ether oxygens (including phenoxy) is 3. The standard InChI is InChI=1S/C71H130O6/c1-4-7-10-13-16-19-22-25-28-30-31-32-33-34-35-36-37-38-39-40-41-42-44-46-49-52-55-58-61-64-70(73)76-67-68(66-75-69(72)63-60-57-54-51-48-45-27-24-21-18-15-12-9-6-3)77-71(74)65-62-59-56-53-50-47-43-29-26-23-20-17-14-11-8-5-2/h7,10,16,19,25,28,31-32,68H,4-6,8-9,11-15,17-18,20-24,26-27,29-30,33-67H2,1-3H3/b10-7-,19-16-,28-25-,32-31-. The Morgan fingerprint density at radius 1 is 0.273 bits per heavy atom. The Hall–Kier alpha value is -2.63. The molecule has 0 aromatic carbocycles. The SMILES string of the molecule is CC/C=C\C/C=C\C/C=C\C/C=C\CCCCCCCCCCCCCCCCCCC(=O)OCC(COC(=O)CCCCCCCCCCCCCCCC)OC(=O)CCCCCCCCCCCCCCCCCC. The Morgan fingerprint density at radius 2 is 0.506 bits per heavy atom. The lowest BCUT2D eigenvalue weighted by molar-refractivity contribution is -0.167.